The number of nitrogens with two attached hydrogens (primary N) is 1. The van der Waals surface area contributed by atoms with Gasteiger partial charge in [-0.1, -0.05) is 30.0 Å². The third kappa shape index (κ3) is 2.78. The Labute approximate surface area is 177 Å². The predicted molar refractivity (Wildman–Crippen MR) is 110 cm³/mol. The molecule has 2 aliphatic rings. The molecule has 2 heterocycles. The van der Waals surface area contributed by atoms with Gasteiger partial charge in [-0.2, -0.15) is 10.5 Å². The average Bonchev–Trinajstić information content (AvgIpc) is 2.78. The maximum Gasteiger partial charge on any atom is 0.265 e. The minimum absolute atomic E-state index is 0.0262. The minimum Gasteiger partial charge on any atom is -0.493 e. The van der Waals surface area contributed by atoms with Gasteiger partial charge in [0, 0.05) is 4.90 Å². The molecule has 2 N–H and O–H groups in total. The minimum atomic E-state index is -0.725. The number of ether oxygens (including phenoxy) is 2. The number of allylic oxidation sites excluding steroid dienone is 2. The molecule has 2 aromatic rings. The lowest BCUT2D eigenvalue weighted by Gasteiger charge is -2.37. The molecule has 30 heavy (non-hydrogen) atoms. The van der Waals surface area contributed by atoms with Crippen LogP contribution in [0.4, 0.5) is 0 Å². The van der Waals surface area contributed by atoms with Crippen molar-refractivity contribution in [2.45, 2.75) is 10.8 Å². The van der Waals surface area contributed by atoms with Gasteiger partial charge in [-0.25, -0.2) is 0 Å². The van der Waals surface area contributed by atoms with E-state index in [1.807, 2.05) is 12.1 Å². The van der Waals surface area contributed by atoms with E-state index in [1.165, 1.54) is 30.9 Å². The second kappa shape index (κ2) is 7.51. The number of nitrogens with zero attached hydrogens (tertiary/aromatic N) is 3. The largest absolute Gasteiger partial charge is 0.493 e. The predicted octanol–water partition coefficient (Wildman–Crippen LogP) is 3.48. The van der Waals surface area contributed by atoms with Crippen molar-refractivity contribution in [2.75, 3.05) is 14.2 Å². The van der Waals surface area contributed by atoms with E-state index in [9.17, 15) is 15.3 Å². The number of fused-ring (bicyclic) bond motifs is 2. The molecule has 0 spiro atoms. The van der Waals surface area contributed by atoms with Crippen LogP contribution in [0.1, 0.15) is 21.8 Å². The van der Waals surface area contributed by atoms with Crippen molar-refractivity contribution < 1.29 is 14.3 Å². The van der Waals surface area contributed by atoms with Crippen LogP contribution in [0, 0.1) is 22.7 Å². The van der Waals surface area contributed by atoms with Gasteiger partial charge in [0.1, 0.15) is 10.9 Å². The number of amides is 1. The van der Waals surface area contributed by atoms with E-state index >= 15 is 0 Å². The Morgan fingerprint density at radius 3 is 2.40 bits per heavy atom. The third-order valence-corrected chi connectivity index (χ3v) is 6.21. The fourth-order valence-electron chi connectivity index (χ4n) is 3.63. The zero-order valence-corrected chi connectivity index (χ0v) is 17.0. The first-order valence-corrected chi connectivity index (χ1v) is 9.74. The molecule has 7 nitrogen and oxygen atoms in total. The van der Waals surface area contributed by atoms with E-state index in [1.54, 1.807) is 30.3 Å². The average molecular weight is 416 g/mol. The Bertz CT molecular complexity index is 1220. The van der Waals surface area contributed by atoms with Gasteiger partial charge >= 0.3 is 0 Å². The summed E-state index contributed by atoms with van der Waals surface area (Å²) in [6.07, 6.45) is 0. The standard InChI is InChI=1S/C22H16N4O3S/c1-28-16-8-7-12(9-17(16)29-2)19-14(10-23)20(25)26-21(27)13-5-3-4-6-18(13)30-22(26)15(19)11-24/h3-9,19H,25H2,1-2H3. The number of methoxy groups -OCH3 is 2. The number of rotatable bonds is 3. The lowest BCUT2D eigenvalue weighted by Crippen LogP contribution is -2.40. The Morgan fingerprint density at radius 1 is 1.03 bits per heavy atom. The molecule has 0 bridgehead atoms. The van der Waals surface area contributed by atoms with Crippen molar-refractivity contribution in [1.29, 1.82) is 10.5 Å². The van der Waals surface area contributed by atoms with Crippen LogP contribution >= 0.6 is 11.8 Å². The van der Waals surface area contributed by atoms with E-state index in [0.29, 0.717) is 27.7 Å². The second-order valence-electron chi connectivity index (χ2n) is 6.53. The molecule has 0 aromatic heterocycles. The highest BCUT2D eigenvalue weighted by Gasteiger charge is 2.42. The molecule has 8 heteroatoms. The summed E-state index contributed by atoms with van der Waals surface area (Å²) in [5, 5.41) is 20.3. The van der Waals surface area contributed by atoms with Gasteiger partial charge in [0.15, 0.2) is 11.5 Å². The van der Waals surface area contributed by atoms with Crippen LogP contribution in [0.2, 0.25) is 0 Å². The molecule has 0 saturated carbocycles. The molecule has 0 saturated heterocycles. The summed E-state index contributed by atoms with van der Waals surface area (Å²) in [6, 6.07) is 16.6. The molecule has 0 fully saturated rings. The number of benzene rings is 2. The highest BCUT2D eigenvalue weighted by Crippen LogP contribution is 2.49. The van der Waals surface area contributed by atoms with Crippen molar-refractivity contribution in [2.24, 2.45) is 5.73 Å². The number of thioether (sulfide) groups is 1. The molecule has 0 aliphatic carbocycles. The number of carbonyl (C=O) groups excluding carboxylic acids is 1. The number of carbonyl (C=O) groups is 1. The summed E-state index contributed by atoms with van der Waals surface area (Å²) < 4.78 is 10.7. The van der Waals surface area contributed by atoms with Crippen LogP contribution < -0.4 is 15.2 Å². The SMILES string of the molecule is COc1ccc(C2C(C#N)=C(N)N3C(=O)c4ccccc4SC3=C2C#N)cc1OC. The van der Waals surface area contributed by atoms with Gasteiger partial charge in [-0.15, -0.1) is 0 Å². The fourth-order valence-corrected chi connectivity index (χ4v) is 4.79. The van der Waals surface area contributed by atoms with E-state index < -0.39 is 5.92 Å². The summed E-state index contributed by atoms with van der Waals surface area (Å²) in [6.45, 7) is 0. The fraction of sp³-hybridized carbons (Fsp3) is 0.136. The first-order valence-electron chi connectivity index (χ1n) is 8.93. The first-order chi connectivity index (χ1) is 14.5. The smallest absolute Gasteiger partial charge is 0.265 e. The van der Waals surface area contributed by atoms with E-state index in [4.69, 9.17) is 15.2 Å². The van der Waals surface area contributed by atoms with Gasteiger partial charge in [-0.3, -0.25) is 9.69 Å². The van der Waals surface area contributed by atoms with Crippen molar-refractivity contribution in [1.82, 2.24) is 4.90 Å². The zero-order valence-electron chi connectivity index (χ0n) is 16.2. The van der Waals surface area contributed by atoms with Gasteiger partial charge in [0.05, 0.1) is 49.0 Å². The van der Waals surface area contributed by atoms with Crippen LogP contribution in [0.25, 0.3) is 0 Å². The van der Waals surface area contributed by atoms with Gasteiger partial charge in [0.25, 0.3) is 5.91 Å². The summed E-state index contributed by atoms with van der Waals surface area (Å²) in [4.78, 5) is 15.1. The highest BCUT2D eigenvalue weighted by molar-refractivity contribution is 8.03. The van der Waals surface area contributed by atoms with Crippen molar-refractivity contribution in [3.63, 3.8) is 0 Å². The van der Waals surface area contributed by atoms with Gasteiger partial charge in [-0.05, 0) is 29.8 Å². The molecule has 1 unspecified atom stereocenters. The van der Waals surface area contributed by atoms with Gasteiger partial charge < -0.3 is 15.2 Å². The van der Waals surface area contributed by atoms with Crippen molar-refractivity contribution >= 4 is 17.7 Å². The Hall–Kier alpha value is -3.88. The topological polar surface area (TPSA) is 112 Å². The molecule has 0 radical (unpaired) electrons. The number of nitriles is 2. The lowest BCUT2D eigenvalue weighted by molar-refractivity contribution is 0.0841. The summed E-state index contributed by atoms with van der Waals surface area (Å²) in [5.41, 5.74) is 7.85. The van der Waals surface area contributed by atoms with Crippen molar-refractivity contribution in [3.8, 4) is 23.6 Å². The van der Waals surface area contributed by atoms with Crippen LogP contribution in [-0.2, 0) is 0 Å². The maximum atomic E-state index is 13.1. The Morgan fingerprint density at radius 2 is 1.73 bits per heavy atom. The molecule has 2 aromatic carbocycles. The first kappa shape index (κ1) is 19.4. The Balaban J connectivity index is 1.96. The monoisotopic (exact) mass is 416 g/mol. The van der Waals surface area contributed by atoms with Crippen molar-refractivity contribution in [3.05, 3.63) is 75.6 Å². The van der Waals surface area contributed by atoms with Crippen LogP contribution in [-0.4, -0.2) is 25.0 Å². The van der Waals surface area contributed by atoms with E-state index in [-0.39, 0.29) is 22.9 Å². The highest BCUT2D eigenvalue weighted by atomic mass is 32.2. The molecule has 1 atom stereocenters. The molecular formula is C22H16N4O3S. The normalized spacial score (nSPS) is 17.7. The number of hydrogen-bond donors (Lipinski definition) is 1. The Kier molecular flexibility index (Phi) is 4.86. The third-order valence-electron chi connectivity index (χ3n) is 5.04. The van der Waals surface area contributed by atoms with Crippen LogP contribution in [0.3, 0.4) is 0 Å². The summed E-state index contributed by atoms with van der Waals surface area (Å²) in [5.74, 6) is -0.0669. The van der Waals surface area contributed by atoms with E-state index in [0.717, 1.165) is 4.90 Å². The molecule has 2 aliphatic heterocycles. The van der Waals surface area contributed by atoms with Crippen LogP contribution in [0.5, 0.6) is 11.5 Å². The maximum absolute atomic E-state index is 13.1. The summed E-state index contributed by atoms with van der Waals surface area (Å²) in [7, 11) is 3.04. The second-order valence-corrected chi connectivity index (χ2v) is 7.56. The zero-order chi connectivity index (χ0) is 21.4. The van der Waals surface area contributed by atoms with Crippen LogP contribution in [0.15, 0.2) is 69.4 Å². The molecule has 4 rings (SSSR count). The molecule has 1 amide bonds. The quantitative estimate of drug-likeness (QED) is 0.815. The molecular weight excluding hydrogens is 400 g/mol. The number of hydrogen-bond acceptors (Lipinski definition) is 7. The molecule has 148 valence electrons. The lowest BCUT2D eigenvalue weighted by atomic mass is 9.83. The van der Waals surface area contributed by atoms with E-state index in [2.05, 4.69) is 12.1 Å². The van der Waals surface area contributed by atoms with Gasteiger partial charge in [0.2, 0.25) is 0 Å². The summed E-state index contributed by atoms with van der Waals surface area (Å²) >= 11 is 1.29.